The third kappa shape index (κ3) is 6.15. The van der Waals surface area contributed by atoms with Gasteiger partial charge in [-0.05, 0) is 25.3 Å². The minimum atomic E-state index is -0.231. The van der Waals surface area contributed by atoms with Crippen LogP contribution in [0.25, 0.3) is 0 Å². The first kappa shape index (κ1) is 15.8. The number of rotatable bonds is 7. The average molecular weight is 239 g/mol. The second-order valence-electron chi connectivity index (χ2n) is 4.10. The quantitative estimate of drug-likeness (QED) is 0.388. The molecule has 0 bridgehead atoms. The molecule has 0 unspecified atom stereocenters. The van der Waals surface area contributed by atoms with E-state index in [-0.39, 0.29) is 5.97 Å². The number of hydrogen-bond acceptors (Lipinski definition) is 3. The van der Waals surface area contributed by atoms with Crippen LogP contribution in [-0.4, -0.2) is 31.6 Å². The summed E-state index contributed by atoms with van der Waals surface area (Å²) in [7, 11) is 3.82. The van der Waals surface area contributed by atoms with E-state index in [0.717, 1.165) is 24.8 Å². The summed E-state index contributed by atoms with van der Waals surface area (Å²) in [6, 6.07) is 0. The van der Waals surface area contributed by atoms with Gasteiger partial charge in [0.05, 0.1) is 12.2 Å². The zero-order valence-corrected chi connectivity index (χ0v) is 11.7. The smallest absolute Gasteiger partial charge is 0.339 e. The second-order valence-corrected chi connectivity index (χ2v) is 4.10. The maximum absolute atomic E-state index is 11.9. The molecular formula is C14H25NO2. The van der Waals surface area contributed by atoms with Gasteiger partial charge in [0.1, 0.15) is 0 Å². The van der Waals surface area contributed by atoms with Gasteiger partial charge in [0.25, 0.3) is 0 Å². The molecule has 0 saturated heterocycles. The van der Waals surface area contributed by atoms with E-state index in [1.807, 2.05) is 32.1 Å². The molecule has 0 spiro atoms. The monoisotopic (exact) mass is 239 g/mol. The second kappa shape index (κ2) is 8.85. The van der Waals surface area contributed by atoms with Gasteiger partial charge in [-0.3, -0.25) is 0 Å². The first-order valence-electron chi connectivity index (χ1n) is 6.31. The Morgan fingerprint density at radius 2 is 1.88 bits per heavy atom. The van der Waals surface area contributed by atoms with Crippen LogP contribution in [-0.2, 0) is 9.53 Å². The van der Waals surface area contributed by atoms with Crippen LogP contribution in [0.5, 0.6) is 0 Å². The van der Waals surface area contributed by atoms with Crippen LogP contribution in [0.2, 0.25) is 0 Å². The number of esters is 1. The highest BCUT2D eigenvalue weighted by molar-refractivity contribution is 5.93. The van der Waals surface area contributed by atoms with E-state index in [4.69, 9.17) is 4.74 Å². The molecule has 0 aliphatic rings. The fourth-order valence-electron chi connectivity index (χ4n) is 1.50. The van der Waals surface area contributed by atoms with E-state index in [1.54, 1.807) is 0 Å². The minimum Gasteiger partial charge on any atom is -0.462 e. The van der Waals surface area contributed by atoms with Crippen molar-refractivity contribution in [1.82, 2.24) is 4.90 Å². The third-order valence-corrected chi connectivity index (χ3v) is 2.29. The fourth-order valence-corrected chi connectivity index (χ4v) is 1.50. The lowest BCUT2D eigenvalue weighted by Gasteiger charge is -2.13. The largest absolute Gasteiger partial charge is 0.462 e. The van der Waals surface area contributed by atoms with E-state index < -0.39 is 0 Å². The first-order valence-corrected chi connectivity index (χ1v) is 6.31. The van der Waals surface area contributed by atoms with E-state index in [1.165, 1.54) is 0 Å². The summed E-state index contributed by atoms with van der Waals surface area (Å²) in [5.41, 5.74) is 1.74. The van der Waals surface area contributed by atoms with E-state index in [9.17, 15) is 4.79 Å². The van der Waals surface area contributed by atoms with Gasteiger partial charge in [-0.1, -0.05) is 26.3 Å². The lowest BCUT2D eigenvalue weighted by molar-refractivity contribution is -0.138. The van der Waals surface area contributed by atoms with Crippen LogP contribution >= 0.6 is 0 Å². The van der Waals surface area contributed by atoms with Crippen LogP contribution < -0.4 is 0 Å². The van der Waals surface area contributed by atoms with Crippen molar-refractivity contribution >= 4 is 5.97 Å². The van der Waals surface area contributed by atoms with Gasteiger partial charge in [-0.15, -0.1) is 0 Å². The number of unbranched alkanes of at least 4 members (excludes halogenated alkanes) is 1. The lowest BCUT2D eigenvalue weighted by atomic mass is 10.0. The summed E-state index contributed by atoms with van der Waals surface area (Å²) in [5.74, 6) is -0.231. The molecule has 0 aromatic carbocycles. The molecule has 0 fully saturated rings. The average Bonchev–Trinajstić information content (AvgIpc) is 2.28. The summed E-state index contributed by atoms with van der Waals surface area (Å²) in [5, 5.41) is 0. The molecule has 0 aromatic heterocycles. The Morgan fingerprint density at radius 1 is 1.24 bits per heavy atom. The molecule has 0 heterocycles. The van der Waals surface area contributed by atoms with Crippen LogP contribution in [0.3, 0.4) is 0 Å². The highest BCUT2D eigenvalue weighted by Gasteiger charge is 2.14. The Bertz CT molecular complexity index is 291. The van der Waals surface area contributed by atoms with Crippen molar-refractivity contribution in [3.05, 3.63) is 23.4 Å². The number of nitrogens with zero attached hydrogens (tertiary/aromatic N) is 1. The number of allylic oxidation sites excluding steroid dienone is 1. The molecule has 0 rings (SSSR count). The molecular weight excluding hydrogens is 214 g/mol. The van der Waals surface area contributed by atoms with Crippen molar-refractivity contribution in [3.8, 4) is 0 Å². The Balaban J connectivity index is 5.08. The standard InChI is InChI=1S/C14H25NO2/c1-6-9-10-12(7-2)13(11-15(4)5)14(16)17-8-3/h10-11H,6-9H2,1-5H3/b12-10+,13-11+. The molecule has 98 valence electrons. The Morgan fingerprint density at radius 3 is 2.29 bits per heavy atom. The van der Waals surface area contributed by atoms with Crippen molar-refractivity contribution in [2.45, 2.75) is 40.0 Å². The van der Waals surface area contributed by atoms with Crippen molar-refractivity contribution in [1.29, 1.82) is 0 Å². The van der Waals surface area contributed by atoms with Crippen LogP contribution in [0.1, 0.15) is 40.0 Å². The van der Waals surface area contributed by atoms with E-state index in [2.05, 4.69) is 19.9 Å². The first-order chi connectivity index (χ1) is 8.06. The summed E-state index contributed by atoms with van der Waals surface area (Å²) in [6.45, 7) is 6.43. The van der Waals surface area contributed by atoms with Crippen LogP contribution in [0.4, 0.5) is 0 Å². The lowest BCUT2D eigenvalue weighted by Crippen LogP contribution is -2.14. The van der Waals surface area contributed by atoms with Crippen LogP contribution in [0.15, 0.2) is 23.4 Å². The van der Waals surface area contributed by atoms with Crippen LogP contribution in [0, 0.1) is 0 Å². The molecule has 3 heteroatoms. The molecule has 0 atom stereocenters. The highest BCUT2D eigenvalue weighted by Crippen LogP contribution is 2.17. The number of ether oxygens (including phenoxy) is 1. The maximum atomic E-state index is 11.9. The summed E-state index contributed by atoms with van der Waals surface area (Å²) in [6.07, 6.45) is 6.89. The predicted octanol–water partition coefficient (Wildman–Crippen LogP) is 3.13. The summed E-state index contributed by atoms with van der Waals surface area (Å²) in [4.78, 5) is 13.8. The van der Waals surface area contributed by atoms with Gasteiger partial charge < -0.3 is 9.64 Å². The molecule has 0 amide bonds. The Hall–Kier alpha value is -1.25. The van der Waals surface area contributed by atoms with Crippen molar-refractivity contribution in [2.24, 2.45) is 0 Å². The molecule has 3 nitrogen and oxygen atoms in total. The molecule has 0 saturated carbocycles. The number of carbonyl (C=O) groups is 1. The maximum Gasteiger partial charge on any atom is 0.339 e. The highest BCUT2D eigenvalue weighted by atomic mass is 16.5. The van der Waals surface area contributed by atoms with E-state index in [0.29, 0.717) is 12.2 Å². The summed E-state index contributed by atoms with van der Waals surface area (Å²) >= 11 is 0. The van der Waals surface area contributed by atoms with Crippen molar-refractivity contribution in [2.75, 3.05) is 20.7 Å². The van der Waals surface area contributed by atoms with E-state index >= 15 is 0 Å². The molecule has 0 aliphatic carbocycles. The van der Waals surface area contributed by atoms with Gasteiger partial charge in [0.15, 0.2) is 0 Å². The minimum absolute atomic E-state index is 0.231. The van der Waals surface area contributed by atoms with Gasteiger partial charge in [0.2, 0.25) is 0 Å². The molecule has 0 aliphatic heterocycles. The Kier molecular flexibility index (Phi) is 8.20. The predicted molar refractivity (Wildman–Crippen MR) is 71.7 cm³/mol. The number of hydrogen-bond donors (Lipinski definition) is 0. The van der Waals surface area contributed by atoms with Gasteiger partial charge in [-0.25, -0.2) is 4.79 Å². The molecule has 0 aromatic rings. The van der Waals surface area contributed by atoms with Gasteiger partial charge in [0, 0.05) is 20.3 Å². The van der Waals surface area contributed by atoms with Gasteiger partial charge >= 0.3 is 5.97 Å². The Labute approximate surface area is 105 Å². The van der Waals surface area contributed by atoms with Crippen molar-refractivity contribution < 1.29 is 9.53 Å². The molecule has 17 heavy (non-hydrogen) atoms. The van der Waals surface area contributed by atoms with Crippen molar-refractivity contribution in [3.63, 3.8) is 0 Å². The van der Waals surface area contributed by atoms with Gasteiger partial charge in [-0.2, -0.15) is 0 Å². The topological polar surface area (TPSA) is 29.5 Å². The fraction of sp³-hybridized carbons (Fsp3) is 0.643. The zero-order valence-electron chi connectivity index (χ0n) is 11.7. The molecule has 0 N–H and O–H groups in total. The zero-order chi connectivity index (χ0) is 13.3. The number of carbonyl (C=O) groups excluding carboxylic acids is 1. The third-order valence-electron chi connectivity index (χ3n) is 2.29. The normalized spacial score (nSPS) is 12.5. The summed E-state index contributed by atoms with van der Waals surface area (Å²) < 4.78 is 5.09. The molecule has 0 radical (unpaired) electrons. The SMILES string of the molecule is CCC/C=C(CC)/C(=C\N(C)C)C(=O)OCC.